The molecular weight excluding hydrogens is 262 g/mol. The highest BCUT2D eigenvalue weighted by Gasteiger charge is 2.01. The Kier molecular flexibility index (Phi) is 5.81. The van der Waals surface area contributed by atoms with E-state index in [2.05, 4.69) is 55.5 Å². The van der Waals surface area contributed by atoms with Gasteiger partial charge in [-0.15, -0.1) is 0 Å². The first-order valence-electron chi connectivity index (χ1n) is 7.64. The summed E-state index contributed by atoms with van der Waals surface area (Å²) in [6.45, 7) is 8.86. The summed E-state index contributed by atoms with van der Waals surface area (Å²) in [6.07, 6.45) is 4.80. The number of hydrogen-bond acceptors (Lipinski definition) is 3. The molecule has 0 atom stereocenters. The first kappa shape index (κ1) is 15.6. The Balaban J connectivity index is 1.82. The Bertz CT molecular complexity index is 531. The fourth-order valence-corrected chi connectivity index (χ4v) is 2.01. The monoisotopic (exact) mass is 287 g/mol. The van der Waals surface area contributed by atoms with E-state index in [-0.39, 0.29) is 0 Å². The number of rotatable bonds is 8. The van der Waals surface area contributed by atoms with Crippen LogP contribution in [0.3, 0.4) is 0 Å². The number of aromatic nitrogens is 2. The maximum Gasteiger partial charge on any atom is 0.157 e. The number of aryl methyl sites for hydroxylation is 1. The van der Waals surface area contributed by atoms with Gasteiger partial charge in [0.25, 0.3) is 0 Å². The summed E-state index contributed by atoms with van der Waals surface area (Å²) in [5.74, 6) is 0.828. The molecule has 0 aliphatic rings. The molecule has 4 heteroatoms. The topological polar surface area (TPSA) is 39.1 Å². The zero-order valence-corrected chi connectivity index (χ0v) is 13.2. The van der Waals surface area contributed by atoms with Crippen LogP contribution in [0.4, 0.5) is 0 Å². The SMILES string of the molecule is CCCn1cc(OCc2ccc(CNC(C)C)cc2)cn1. The van der Waals surface area contributed by atoms with Crippen LogP contribution in [-0.4, -0.2) is 15.8 Å². The summed E-state index contributed by atoms with van der Waals surface area (Å²) >= 11 is 0. The van der Waals surface area contributed by atoms with E-state index in [0.29, 0.717) is 12.6 Å². The van der Waals surface area contributed by atoms with Crippen molar-refractivity contribution in [3.63, 3.8) is 0 Å². The normalized spacial score (nSPS) is 11.0. The molecule has 0 spiro atoms. The van der Waals surface area contributed by atoms with Gasteiger partial charge in [-0.25, -0.2) is 0 Å². The number of hydrogen-bond donors (Lipinski definition) is 1. The van der Waals surface area contributed by atoms with Crippen LogP contribution in [0, 0.1) is 0 Å². The van der Waals surface area contributed by atoms with Gasteiger partial charge < -0.3 is 10.1 Å². The van der Waals surface area contributed by atoms with Crippen LogP contribution in [0.15, 0.2) is 36.7 Å². The van der Waals surface area contributed by atoms with Gasteiger partial charge in [0.05, 0.1) is 12.4 Å². The summed E-state index contributed by atoms with van der Waals surface area (Å²) < 4.78 is 7.67. The molecule has 4 nitrogen and oxygen atoms in total. The summed E-state index contributed by atoms with van der Waals surface area (Å²) in [7, 11) is 0. The number of nitrogens with one attached hydrogen (secondary N) is 1. The van der Waals surface area contributed by atoms with Crippen molar-refractivity contribution in [2.45, 2.75) is 52.9 Å². The van der Waals surface area contributed by atoms with E-state index in [1.54, 1.807) is 6.20 Å². The maximum absolute atomic E-state index is 5.76. The minimum Gasteiger partial charge on any atom is -0.486 e. The van der Waals surface area contributed by atoms with Crippen LogP contribution in [0.1, 0.15) is 38.3 Å². The van der Waals surface area contributed by atoms with Crippen molar-refractivity contribution < 1.29 is 4.74 Å². The third-order valence-electron chi connectivity index (χ3n) is 3.21. The van der Waals surface area contributed by atoms with Gasteiger partial charge in [-0.2, -0.15) is 5.10 Å². The third-order valence-corrected chi connectivity index (χ3v) is 3.21. The predicted octanol–water partition coefficient (Wildman–Crippen LogP) is 3.37. The smallest absolute Gasteiger partial charge is 0.157 e. The molecule has 0 aliphatic heterocycles. The van der Waals surface area contributed by atoms with Gasteiger partial charge in [0, 0.05) is 19.1 Å². The number of ether oxygens (including phenoxy) is 1. The van der Waals surface area contributed by atoms with Crippen LogP contribution in [0.2, 0.25) is 0 Å². The number of nitrogens with zero attached hydrogens (tertiary/aromatic N) is 2. The zero-order valence-electron chi connectivity index (χ0n) is 13.2. The molecular formula is C17H25N3O. The second-order valence-electron chi connectivity index (χ2n) is 5.58. The van der Waals surface area contributed by atoms with Crippen LogP contribution >= 0.6 is 0 Å². The Hall–Kier alpha value is -1.81. The van der Waals surface area contributed by atoms with E-state index in [1.165, 1.54) is 11.1 Å². The van der Waals surface area contributed by atoms with Gasteiger partial charge in [-0.3, -0.25) is 4.68 Å². The molecule has 0 bridgehead atoms. The lowest BCUT2D eigenvalue weighted by molar-refractivity contribution is 0.305. The third kappa shape index (κ3) is 5.23. The minimum atomic E-state index is 0.507. The van der Waals surface area contributed by atoms with E-state index >= 15 is 0 Å². The molecule has 1 aromatic carbocycles. The summed E-state index contributed by atoms with van der Waals surface area (Å²) in [6, 6.07) is 9.04. The quantitative estimate of drug-likeness (QED) is 0.809. The highest BCUT2D eigenvalue weighted by molar-refractivity contribution is 5.23. The van der Waals surface area contributed by atoms with E-state index in [1.807, 2.05) is 10.9 Å². The Morgan fingerprint density at radius 1 is 1.19 bits per heavy atom. The molecule has 2 aromatic rings. The fourth-order valence-electron chi connectivity index (χ4n) is 2.01. The fraction of sp³-hybridized carbons (Fsp3) is 0.471. The van der Waals surface area contributed by atoms with Crippen LogP contribution in [0.5, 0.6) is 5.75 Å². The summed E-state index contributed by atoms with van der Waals surface area (Å²) in [5, 5.41) is 7.67. The Morgan fingerprint density at radius 2 is 1.90 bits per heavy atom. The van der Waals surface area contributed by atoms with Crippen molar-refractivity contribution in [2.24, 2.45) is 0 Å². The average molecular weight is 287 g/mol. The van der Waals surface area contributed by atoms with Gasteiger partial charge in [0.1, 0.15) is 6.61 Å². The van der Waals surface area contributed by atoms with Crippen molar-refractivity contribution in [1.82, 2.24) is 15.1 Å². The minimum absolute atomic E-state index is 0.507. The van der Waals surface area contributed by atoms with Gasteiger partial charge in [0.15, 0.2) is 5.75 Å². The molecule has 0 saturated heterocycles. The molecule has 1 N–H and O–H groups in total. The van der Waals surface area contributed by atoms with Crippen molar-refractivity contribution in [3.05, 3.63) is 47.8 Å². The first-order chi connectivity index (χ1) is 10.2. The van der Waals surface area contributed by atoms with Crippen LogP contribution in [0.25, 0.3) is 0 Å². The second-order valence-corrected chi connectivity index (χ2v) is 5.58. The van der Waals surface area contributed by atoms with Crippen LogP contribution in [-0.2, 0) is 19.7 Å². The standard InChI is InChI=1S/C17H25N3O/c1-4-9-20-12-17(11-19-20)21-13-16-7-5-15(6-8-16)10-18-14(2)3/h5-8,11-12,14,18H,4,9-10,13H2,1-3H3. The van der Waals surface area contributed by atoms with E-state index in [4.69, 9.17) is 4.74 Å². The van der Waals surface area contributed by atoms with Gasteiger partial charge in [-0.05, 0) is 17.5 Å². The van der Waals surface area contributed by atoms with Crippen molar-refractivity contribution >= 4 is 0 Å². The predicted molar refractivity (Wildman–Crippen MR) is 85.3 cm³/mol. The number of benzene rings is 1. The van der Waals surface area contributed by atoms with Crippen LogP contribution < -0.4 is 10.1 Å². The van der Waals surface area contributed by atoms with Crippen molar-refractivity contribution in [1.29, 1.82) is 0 Å². The second kappa shape index (κ2) is 7.84. The lowest BCUT2D eigenvalue weighted by Crippen LogP contribution is -2.21. The molecule has 2 rings (SSSR count). The largest absolute Gasteiger partial charge is 0.486 e. The Morgan fingerprint density at radius 3 is 2.57 bits per heavy atom. The average Bonchev–Trinajstić information content (AvgIpc) is 2.92. The lowest BCUT2D eigenvalue weighted by atomic mass is 10.1. The lowest BCUT2D eigenvalue weighted by Gasteiger charge is -2.09. The van der Waals surface area contributed by atoms with Crippen molar-refractivity contribution in [3.8, 4) is 5.75 Å². The molecule has 0 fully saturated rings. The molecule has 21 heavy (non-hydrogen) atoms. The Labute approximate surface area is 127 Å². The molecule has 0 unspecified atom stereocenters. The van der Waals surface area contributed by atoms with E-state index in [9.17, 15) is 0 Å². The van der Waals surface area contributed by atoms with Crippen molar-refractivity contribution in [2.75, 3.05) is 0 Å². The summed E-state index contributed by atoms with van der Waals surface area (Å²) in [4.78, 5) is 0. The first-order valence-corrected chi connectivity index (χ1v) is 7.64. The molecule has 0 aliphatic carbocycles. The molecule has 114 valence electrons. The van der Waals surface area contributed by atoms with Gasteiger partial charge in [0.2, 0.25) is 0 Å². The summed E-state index contributed by atoms with van der Waals surface area (Å²) in [5.41, 5.74) is 2.47. The highest BCUT2D eigenvalue weighted by Crippen LogP contribution is 2.12. The molecule has 0 radical (unpaired) electrons. The van der Waals surface area contributed by atoms with E-state index in [0.717, 1.165) is 25.3 Å². The molecule has 1 aromatic heterocycles. The molecule has 0 saturated carbocycles. The molecule has 0 amide bonds. The highest BCUT2D eigenvalue weighted by atomic mass is 16.5. The van der Waals surface area contributed by atoms with Gasteiger partial charge in [-0.1, -0.05) is 45.0 Å². The maximum atomic E-state index is 5.76. The van der Waals surface area contributed by atoms with E-state index < -0.39 is 0 Å². The van der Waals surface area contributed by atoms with Gasteiger partial charge >= 0.3 is 0 Å². The molecule has 1 heterocycles. The zero-order chi connectivity index (χ0) is 15.1.